The molecule has 0 radical (unpaired) electrons. The molecule has 0 aliphatic rings. The number of ether oxygens (including phenoxy) is 1. The Morgan fingerprint density at radius 1 is 1.44 bits per heavy atom. The molecular formula is C14H15NO3. The molecule has 4 heteroatoms. The van der Waals surface area contributed by atoms with E-state index in [2.05, 4.69) is 4.98 Å². The van der Waals surface area contributed by atoms with Gasteiger partial charge in [-0.25, -0.2) is 4.79 Å². The molecule has 94 valence electrons. The van der Waals surface area contributed by atoms with Crippen LogP contribution in [0.25, 0.3) is 10.9 Å². The van der Waals surface area contributed by atoms with Crippen LogP contribution in [0.4, 0.5) is 0 Å². The highest BCUT2D eigenvalue weighted by Crippen LogP contribution is 2.19. The Bertz CT molecular complexity index is 580. The largest absolute Gasteiger partial charge is 0.479 e. The third-order valence-electron chi connectivity index (χ3n) is 2.77. The molecule has 0 aliphatic heterocycles. The van der Waals surface area contributed by atoms with Crippen LogP contribution < -0.4 is 0 Å². The number of nitrogens with zero attached hydrogens (tertiary/aromatic N) is 1. The summed E-state index contributed by atoms with van der Waals surface area (Å²) in [6, 6.07) is 9.69. The second-order valence-corrected chi connectivity index (χ2v) is 4.23. The van der Waals surface area contributed by atoms with Crippen LogP contribution in [-0.2, 0) is 16.1 Å². The van der Waals surface area contributed by atoms with Crippen molar-refractivity contribution in [2.24, 2.45) is 0 Å². The van der Waals surface area contributed by atoms with Crippen LogP contribution >= 0.6 is 0 Å². The number of para-hydroxylation sites is 1. The Morgan fingerprint density at radius 3 is 2.89 bits per heavy atom. The second kappa shape index (κ2) is 5.14. The molecule has 1 heterocycles. The predicted molar refractivity (Wildman–Crippen MR) is 68.4 cm³/mol. The molecule has 0 amide bonds. The van der Waals surface area contributed by atoms with Crippen molar-refractivity contribution in [2.75, 3.05) is 0 Å². The quantitative estimate of drug-likeness (QED) is 0.899. The van der Waals surface area contributed by atoms with Crippen LogP contribution in [-0.4, -0.2) is 22.2 Å². The molecule has 1 N–H and O–H groups in total. The smallest absolute Gasteiger partial charge is 0.332 e. The van der Waals surface area contributed by atoms with Crippen molar-refractivity contribution in [3.63, 3.8) is 0 Å². The summed E-state index contributed by atoms with van der Waals surface area (Å²) in [7, 11) is 0. The summed E-state index contributed by atoms with van der Waals surface area (Å²) < 4.78 is 5.33. The number of carboxylic acids is 1. The molecule has 0 saturated carbocycles. The summed E-state index contributed by atoms with van der Waals surface area (Å²) in [5.41, 5.74) is 2.76. The van der Waals surface area contributed by atoms with Gasteiger partial charge in [0.25, 0.3) is 0 Å². The molecule has 1 atom stereocenters. The number of aliphatic carboxylic acids is 1. The molecule has 0 bridgehead atoms. The zero-order valence-electron chi connectivity index (χ0n) is 10.4. The standard InChI is InChI=1S/C14H15NO3/c1-9-7-11(8-18-10(2)14(16)17)12-5-3-4-6-13(12)15-9/h3-7,10H,8H2,1-2H3,(H,16,17). The van der Waals surface area contributed by atoms with Gasteiger partial charge in [-0.3, -0.25) is 4.98 Å². The second-order valence-electron chi connectivity index (χ2n) is 4.23. The molecule has 4 nitrogen and oxygen atoms in total. The highest BCUT2D eigenvalue weighted by Gasteiger charge is 2.12. The van der Waals surface area contributed by atoms with Crippen molar-refractivity contribution < 1.29 is 14.6 Å². The SMILES string of the molecule is Cc1cc(COC(C)C(=O)O)c2ccccc2n1. The Balaban J connectivity index is 2.29. The lowest BCUT2D eigenvalue weighted by Crippen LogP contribution is -2.19. The fraction of sp³-hybridized carbons (Fsp3) is 0.286. The summed E-state index contributed by atoms with van der Waals surface area (Å²) in [5.74, 6) is -0.954. The molecule has 0 aliphatic carbocycles. The number of fused-ring (bicyclic) bond motifs is 1. The molecule has 1 aromatic carbocycles. The Hall–Kier alpha value is -1.94. The van der Waals surface area contributed by atoms with Crippen LogP contribution in [0.1, 0.15) is 18.2 Å². The molecule has 0 saturated heterocycles. The van der Waals surface area contributed by atoms with Gasteiger partial charge >= 0.3 is 5.97 Å². The zero-order chi connectivity index (χ0) is 13.1. The fourth-order valence-corrected chi connectivity index (χ4v) is 1.80. The number of carbonyl (C=O) groups is 1. The minimum atomic E-state index is -0.954. The van der Waals surface area contributed by atoms with E-state index in [0.29, 0.717) is 0 Å². The van der Waals surface area contributed by atoms with Crippen LogP contribution in [0, 0.1) is 6.92 Å². The number of aryl methyl sites for hydroxylation is 1. The van der Waals surface area contributed by atoms with Gasteiger partial charge in [-0.1, -0.05) is 18.2 Å². The third kappa shape index (κ3) is 2.65. The maximum Gasteiger partial charge on any atom is 0.332 e. The van der Waals surface area contributed by atoms with E-state index < -0.39 is 12.1 Å². The molecular weight excluding hydrogens is 230 g/mol. The maximum atomic E-state index is 10.7. The van der Waals surface area contributed by atoms with Crippen molar-refractivity contribution in [1.29, 1.82) is 0 Å². The van der Waals surface area contributed by atoms with Gasteiger partial charge in [-0.2, -0.15) is 0 Å². The lowest BCUT2D eigenvalue weighted by Gasteiger charge is -2.11. The monoisotopic (exact) mass is 245 g/mol. The van der Waals surface area contributed by atoms with Crippen molar-refractivity contribution in [3.8, 4) is 0 Å². The van der Waals surface area contributed by atoms with Gasteiger partial charge in [0.15, 0.2) is 6.10 Å². The fourth-order valence-electron chi connectivity index (χ4n) is 1.80. The van der Waals surface area contributed by atoms with Crippen molar-refractivity contribution in [3.05, 3.63) is 41.6 Å². The van der Waals surface area contributed by atoms with E-state index in [4.69, 9.17) is 9.84 Å². The van der Waals surface area contributed by atoms with Crippen molar-refractivity contribution >= 4 is 16.9 Å². The van der Waals surface area contributed by atoms with E-state index in [1.807, 2.05) is 37.3 Å². The van der Waals surface area contributed by atoms with Crippen molar-refractivity contribution in [2.45, 2.75) is 26.6 Å². The first-order valence-corrected chi connectivity index (χ1v) is 5.77. The van der Waals surface area contributed by atoms with Gasteiger partial charge in [-0.05, 0) is 31.5 Å². The number of hydrogen-bond acceptors (Lipinski definition) is 3. The molecule has 2 aromatic rings. The van der Waals surface area contributed by atoms with E-state index in [0.717, 1.165) is 22.2 Å². The summed E-state index contributed by atoms with van der Waals surface area (Å²) in [6.07, 6.45) is -0.808. The number of rotatable bonds is 4. The number of aromatic nitrogens is 1. The average Bonchev–Trinajstić information content (AvgIpc) is 2.35. The van der Waals surface area contributed by atoms with Gasteiger partial charge in [0.2, 0.25) is 0 Å². The summed E-state index contributed by atoms with van der Waals surface area (Å²) in [4.78, 5) is 15.1. The number of hydrogen-bond donors (Lipinski definition) is 1. The molecule has 18 heavy (non-hydrogen) atoms. The number of pyridine rings is 1. The lowest BCUT2D eigenvalue weighted by molar-refractivity contribution is -0.149. The van der Waals surface area contributed by atoms with Crippen molar-refractivity contribution in [1.82, 2.24) is 4.98 Å². The average molecular weight is 245 g/mol. The number of benzene rings is 1. The minimum Gasteiger partial charge on any atom is -0.479 e. The van der Waals surface area contributed by atoms with Crippen LogP contribution in [0.2, 0.25) is 0 Å². The van der Waals surface area contributed by atoms with Crippen LogP contribution in [0.3, 0.4) is 0 Å². The van der Waals surface area contributed by atoms with Gasteiger partial charge in [0.05, 0.1) is 12.1 Å². The normalized spacial score (nSPS) is 12.6. The topological polar surface area (TPSA) is 59.4 Å². The minimum absolute atomic E-state index is 0.275. The maximum absolute atomic E-state index is 10.7. The van der Waals surface area contributed by atoms with Gasteiger partial charge in [0.1, 0.15) is 0 Å². The molecule has 0 spiro atoms. The summed E-state index contributed by atoms with van der Waals surface area (Å²) >= 11 is 0. The first-order valence-electron chi connectivity index (χ1n) is 5.77. The van der Waals surface area contributed by atoms with Gasteiger partial charge in [0, 0.05) is 11.1 Å². The Kier molecular flexibility index (Phi) is 3.58. The van der Waals surface area contributed by atoms with Gasteiger partial charge in [-0.15, -0.1) is 0 Å². The Labute approximate surface area is 105 Å². The van der Waals surface area contributed by atoms with Gasteiger partial charge < -0.3 is 9.84 Å². The molecule has 1 aromatic heterocycles. The molecule has 0 fully saturated rings. The zero-order valence-corrected chi connectivity index (χ0v) is 10.4. The first-order chi connectivity index (χ1) is 8.58. The van der Waals surface area contributed by atoms with E-state index in [9.17, 15) is 4.79 Å². The third-order valence-corrected chi connectivity index (χ3v) is 2.77. The van der Waals surface area contributed by atoms with E-state index in [1.165, 1.54) is 6.92 Å². The van der Waals surface area contributed by atoms with E-state index in [-0.39, 0.29) is 6.61 Å². The van der Waals surface area contributed by atoms with E-state index in [1.54, 1.807) is 0 Å². The highest BCUT2D eigenvalue weighted by atomic mass is 16.5. The van der Waals surface area contributed by atoms with E-state index >= 15 is 0 Å². The van der Waals surface area contributed by atoms with Crippen LogP contribution in [0.5, 0.6) is 0 Å². The number of carboxylic acid groups (broad SMARTS) is 1. The predicted octanol–water partition coefficient (Wildman–Crippen LogP) is 2.53. The van der Waals surface area contributed by atoms with Crippen LogP contribution in [0.15, 0.2) is 30.3 Å². The summed E-state index contributed by atoms with van der Waals surface area (Å²) in [6.45, 7) is 3.71. The summed E-state index contributed by atoms with van der Waals surface area (Å²) in [5, 5.41) is 9.79. The Morgan fingerprint density at radius 2 is 2.17 bits per heavy atom. The highest BCUT2D eigenvalue weighted by molar-refractivity contribution is 5.82. The first kappa shape index (κ1) is 12.5. The lowest BCUT2D eigenvalue weighted by atomic mass is 10.1. The molecule has 1 unspecified atom stereocenters. The molecule has 2 rings (SSSR count).